The average Bonchev–Trinajstić information content (AvgIpc) is 3.16. The Labute approximate surface area is 127 Å². The van der Waals surface area contributed by atoms with Gasteiger partial charge in [-0.3, -0.25) is 0 Å². The first kappa shape index (κ1) is 15.0. The molecule has 1 saturated carbocycles. The van der Waals surface area contributed by atoms with Gasteiger partial charge >= 0.3 is 0 Å². The topological polar surface area (TPSA) is 42.5 Å². The summed E-state index contributed by atoms with van der Waals surface area (Å²) >= 11 is 0. The normalized spacial score (nSPS) is 47.4. The molecule has 3 heterocycles. The number of hydrogen-bond acceptors (Lipinski definition) is 4. The van der Waals surface area contributed by atoms with Crippen molar-refractivity contribution >= 4 is 12.4 Å². The highest BCUT2D eigenvalue weighted by molar-refractivity contribution is 5.85. The van der Waals surface area contributed by atoms with Gasteiger partial charge in [0.05, 0.1) is 25.4 Å². The second kappa shape index (κ2) is 6.49. The lowest BCUT2D eigenvalue weighted by atomic mass is 9.90. The minimum atomic E-state index is 0. The Morgan fingerprint density at radius 3 is 2.70 bits per heavy atom. The van der Waals surface area contributed by atoms with Crippen LogP contribution in [0.25, 0.3) is 0 Å². The van der Waals surface area contributed by atoms with Crippen LogP contribution in [0.1, 0.15) is 38.5 Å². The van der Waals surface area contributed by atoms with Crippen molar-refractivity contribution in [2.75, 3.05) is 19.8 Å². The Kier molecular flexibility index (Phi) is 4.88. The van der Waals surface area contributed by atoms with Crippen LogP contribution in [0, 0.1) is 5.92 Å². The molecule has 0 radical (unpaired) electrons. The van der Waals surface area contributed by atoms with Crippen molar-refractivity contribution < 1.29 is 9.47 Å². The fraction of sp³-hybridized carbons (Fsp3) is 1.00. The van der Waals surface area contributed by atoms with Crippen LogP contribution in [0.2, 0.25) is 0 Å². The molecule has 4 nitrogen and oxygen atoms in total. The zero-order chi connectivity index (χ0) is 12.7. The molecule has 20 heavy (non-hydrogen) atoms. The van der Waals surface area contributed by atoms with E-state index in [1.165, 1.54) is 38.5 Å². The third kappa shape index (κ3) is 2.86. The molecule has 4 rings (SSSR count). The number of hydrogen-bond donors (Lipinski definition) is 2. The molecule has 4 aliphatic rings. The summed E-state index contributed by atoms with van der Waals surface area (Å²) in [5, 5.41) is 7.59. The molecule has 5 heteroatoms. The average molecular weight is 303 g/mol. The summed E-state index contributed by atoms with van der Waals surface area (Å²) in [7, 11) is 0. The van der Waals surface area contributed by atoms with Crippen LogP contribution in [-0.2, 0) is 9.47 Å². The maximum atomic E-state index is 5.97. The zero-order valence-corrected chi connectivity index (χ0v) is 12.9. The zero-order valence-electron chi connectivity index (χ0n) is 12.1. The highest BCUT2D eigenvalue weighted by Crippen LogP contribution is 2.37. The Hall–Kier alpha value is 0.130. The number of morpholine rings is 1. The number of nitrogens with one attached hydrogen (secondary N) is 2. The fourth-order valence-electron chi connectivity index (χ4n) is 4.63. The van der Waals surface area contributed by atoms with E-state index in [0.29, 0.717) is 30.3 Å². The second-order valence-corrected chi connectivity index (χ2v) is 6.72. The van der Waals surface area contributed by atoms with Gasteiger partial charge in [-0.05, 0) is 38.0 Å². The van der Waals surface area contributed by atoms with E-state index in [9.17, 15) is 0 Å². The molecule has 0 aromatic rings. The number of fused-ring (bicyclic) bond motifs is 2. The van der Waals surface area contributed by atoms with Gasteiger partial charge in [0.2, 0.25) is 0 Å². The van der Waals surface area contributed by atoms with Crippen LogP contribution in [0.3, 0.4) is 0 Å². The van der Waals surface area contributed by atoms with Crippen molar-refractivity contribution in [3.05, 3.63) is 0 Å². The van der Waals surface area contributed by atoms with Gasteiger partial charge < -0.3 is 20.1 Å². The van der Waals surface area contributed by atoms with Gasteiger partial charge in [0.15, 0.2) is 0 Å². The van der Waals surface area contributed by atoms with Crippen LogP contribution < -0.4 is 10.6 Å². The minimum absolute atomic E-state index is 0. The molecule has 2 N–H and O–H groups in total. The van der Waals surface area contributed by atoms with Gasteiger partial charge in [-0.15, -0.1) is 12.4 Å². The lowest BCUT2D eigenvalue weighted by Crippen LogP contribution is -2.53. The largest absolute Gasteiger partial charge is 0.379 e. The molecule has 0 spiro atoms. The molecule has 0 aromatic carbocycles. The SMILES string of the molecule is C1CC(NC2CC3CCC2O3)C(C2COCCN2)C1.Cl. The highest BCUT2D eigenvalue weighted by Gasteiger charge is 2.43. The van der Waals surface area contributed by atoms with Crippen LogP contribution in [0.5, 0.6) is 0 Å². The molecule has 1 aliphatic carbocycles. The van der Waals surface area contributed by atoms with Crippen molar-refractivity contribution in [3.8, 4) is 0 Å². The van der Waals surface area contributed by atoms with E-state index >= 15 is 0 Å². The van der Waals surface area contributed by atoms with E-state index in [0.717, 1.165) is 25.7 Å². The molecule has 6 atom stereocenters. The Morgan fingerprint density at radius 1 is 1.05 bits per heavy atom. The standard InChI is InChI=1S/C15H26N2O2.ClH/c1-2-11(14-9-18-7-6-16-14)12(3-1)17-13-8-10-4-5-15(13)19-10;/h10-17H,1-9H2;1H. The van der Waals surface area contributed by atoms with Crippen molar-refractivity contribution in [2.24, 2.45) is 5.92 Å². The van der Waals surface area contributed by atoms with Gasteiger partial charge in [-0.25, -0.2) is 0 Å². The van der Waals surface area contributed by atoms with Crippen molar-refractivity contribution in [2.45, 2.75) is 68.9 Å². The molecular weight excluding hydrogens is 276 g/mol. The summed E-state index contributed by atoms with van der Waals surface area (Å²) in [4.78, 5) is 0. The predicted molar refractivity (Wildman–Crippen MR) is 80.4 cm³/mol. The van der Waals surface area contributed by atoms with Gasteiger partial charge in [0.1, 0.15) is 0 Å². The Bertz CT molecular complexity index is 325. The Balaban J connectivity index is 0.00000121. The Morgan fingerprint density at radius 2 is 2.00 bits per heavy atom. The maximum absolute atomic E-state index is 5.97. The van der Waals surface area contributed by atoms with Gasteiger partial charge in [0.25, 0.3) is 0 Å². The fourth-order valence-corrected chi connectivity index (χ4v) is 4.63. The molecule has 2 bridgehead atoms. The molecule has 4 fully saturated rings. The van der Waals surface area contributed by atoms with E-state index in [-0.39, 0.29) is 12.4 Å². The molecular formula is C15H27ClN2O2. The van der Waals surface area contributed by atoms with E-state index in [1.54, 1.807) is 0 Å². The van der Waals surface area contributed by atoms with Crippen LogP contribution >= 0.6 is 12.4 Å². The van der Waals surface area contributed by atoms with Crippen LogP contribution in [-0.4, -0.2) is 50.1 Å². The van der Waals surface area contributed by atoms with Gasteiger partial charge in [-0.1, -0.05) is 6.42 Å². The number of ether oxygens (including phenoxy) is 2. The highest BCUT2D eigenvalue weighted by atomic mass is 35.5. The predicted octanol–water partition coefficient (Wildman–Crippen LogP) is 1.47. The second-order valence-electron chi connectivity index (χ2n) is 6.72. The smallest absolute Gasteiger partial charge is 0.0733 e. The van der Waals surface area contributed by atoms with Crippen molar-refractivity contribution in [1.82, 2.24) is 10.6 Å². The van der Waals surface area contributed by atoms with E-state index in [4.69, 9.17) is 9.47 Å². The molecule has 0 aromatic heterocycles. The molecule has 6 unspecified atom stereocenters. The maximum Gasteiger partial charge on any atom is 0.0733 e. The van der Waals surface area contributed by atoms with Crippen LogP contribution in [0.4, 0.5) is 0 Å². The summed E-state index contributed by atoms with van der Waals surface area (Å²) in [5.41, 5.74) is 0. The molecule has 116 valence electrons. The quantitative estimate of drug-likeness (QED) is 0.829. The molecule has 3 aliphatic heterocycles. The summed E-state index contributed by atoms with van der Waals surface area (Å²) in [6.07, 6.45) is 8.89. The third-order valence-electron chi connectivity index (χ3n) is 5.57. The van der Waals surface area contributed by atoms with Crippen molar-refractivity contribution in [3.63, 3.8) is 0 Å². The van der Waals surface area contributed by atoms with Gasteiger partial charge in [0, 0.05) is 24.7 Å². The summed E-state index contributed by atoms with van der Waals surface area (Å²) < 4.78 is 11.6. The lowest BCUT2D eigenvalue weighted by molar-refractivity contribution is 0.0499. The first-order chi connectivity index (χ1) is 9.40. The van der Waals surface area contributed by atoms with Crippen molar-refractivity contribution in [1.29, 1.82) is 0 Å². The van der Waals surface area contributed by atoms with E-state index in [1.807, 2.05) is 0 Å². The number of rotatable bonds is 3. The summed E-state index contributed by atoms with van der Waals surface area (Å²) in [5.74, 6) is 0.749. The minimum Gasteiger partial charge on any atom is -0.379 e. The lowest BCUT2D eigenvalue weighted by Gasteiger charge is -2.35. The number of halogens is 1. The monoisotopic (exact) mass is 302 g/mol. The summed E-state index contributed by atoms with van der Waals surface area (Å²) in [6, 6.07) is 1.86. The first-order valence-corrected chi connectivity index (χ1v) is 8.13. The van der Waals surface area contributed by atoms with E-state index < -0.39 is 0 Å². The van der Waals surface area contributed by atoms with E-state index in [2.05, 4.69) is 10.6 Å². The first-order valence-electron chi connectivity index (χ1n) is 8.13. The van der Waals surface area contributed by atoms with Gasteiger partial charge in [-0.2, -0.15) is 0 Å². The summed E-state index contributed by atoms with van der Waals surface area (Å²) in [6.45, 7) is 2.79. The van der Waals surface area contributed by atoms with Crippen LogP contribution in [0.15, 0.2) is 0 Å². The molecule has 3 saturated heterocycles. The third-order valence-corrected chi connectivity index (χ3v) is 5.57. The molecule has 0 amide bonds.